The van der Waals surface area contributed by atoms with Crippen molar-refractivity contribution >= 4 is 5.97 Å². The summed E-state index contributed by atoms with van der Waals surface area (Å²) in [5.74, 6) is -0.956. The fourth-order valence-corrected chi connectivity index (χ4v) is 1.59. The Balaban J connectivity index is 2.33. The molecule has 1 saturated heterocycles. The van der Waals surface area contributed by atoms with Gasteiger partial charge in [0.25, 0.3) is 0 Å². The van der Waals surface area contributed by atoms with Crippen LogP contribution >= 0.6 is 0 Å². The number of nitrogens with zero attached hydrogens (tertiary/aromatic N) is 1. The number of carboxylic acid groups (broad SMARTS) is 1. The zero-order valence-electron chi connectivity index (χ0n) is 8.48. The lowest BCUT2D eigenvalue weighted by molar-refractivity contribution is -0.140. The lowest BCUT2D eigenvalue weighted by Crippen LogP contribution is -2.45. The standard InChI is InChI=1S/C9H18N2O3/c1-2-11-3-4-14-7(6-11)5-8(10)9(12)13/h7-8H,2-6,10H2,1H3,(H,12,13)/t7?,8-/m0/s1. The number of hydrogen-bond donors (Lipinski definition) is 2. The molecular weight excluding hydrogens is 184 g/mol. The predicted molar refractivity (Wildman–Crippen MR) is 52.1 cm³/mol. The molecule has 1 rings (SSSR count). The first-order chi connectivity index (χ1) is 6.63. The van der Waals surface area contributed by atoms with Gasteiger partial charge in [0.1, 0.15) is 6.04 Å². The van der Waals surface area contributed by atoms with Crippen molar-refractivity contribution in [1.82, 2.24) is 4.90 Å². The zero-order valence-corrected chi connectivity index (χ0v) is 8.48. The fraction of sp³-hybridized carbons (Fsp3) is 0.889. The molecule has 5 nitrogen and oxygen atoms in total. The van der Waals surface area contributed by atoms with Crippen molar-refractivity contribution in [2.45, 2.75) is 25.5 Å². The van der Waals surface area contributed by atoms with E-state index in [9.17, 15) is 4.79 Å². The van der Waals surface area contributed by atoms with Crippen molar-refractivity contribution in [3.63, 3.8) is 0 Å². The Kier molecular flexibility index (Phi) is 4.31. The third-order valence-corrected chi connectivity index (χ3v) is 2.50. The second-order valence-corrected chi connectivity index (χ2v) is 3.57. The largest absolute Gasteiger partial charge is 0.480 e. The topological polar surface area (TPSA) is 75.8 Å². The molecule has 0 saturated carbocycles. The van der Waals surface area contributed by atoms with E-state index in [-0.39, 0.29) is 6.10 Å². The summed E-state index contributed by atoms with van der Waals surface area (Å²) in [5, 5.41) is 8.64. The van der Waals surface area contributed by atoms with Gasteiger partial charge in [-0.2, -0.15) is 0 Å². The van der Waals surface area contributed by atoms with Crippen LogP contribution in [0.25, 0.3) is 0 Å². The summed E-state index contributed by atoms with van der Waals surface area (Å²) < 4.78 is 5.45. The van der Waals surface area contributed by atoms with E-state index in [4.69, 9.17) is 15.6 Å². The summed E-state index contributed by atoms with van der Waals surface area (Å²) in [4.78, 5) is 12.8. The van der Waals surface area contributed by atoms with Crippen LogP contribution in [0, 0.1) is 0 Å². The number of hydrogen-bond acceptors (Lipinski definition) is 4. The molecule has 1 aliphatic heterocycles. The third kappa shape index (κ3) is 3.25. The Morgan fingerprint density at radius 3 is 3.07 bits per heavy atom. The van der Waals surface area contributed by atoms with Gasteiger partial charge in [0, 0.05) is 19.5 Å². The van der Waals surface area contributed by atoms with Crippen molar-refractivity contribution in [3.8, 4) is 0 Å². The van der Waals surface area contributed by atoms with Gasteiger partial charge < -0.3 is 15.6 Å². The number of aliphatic carboxylic acids is 1. The first kappa shape index (κ1) is 11.4. The summed E-state index contributed by atoms with van der Waals surface area (Å²) in [6.45, 7) is 5.44. The van der Waals surface area contributed by atoms with Gasteiger partial charge in [-0.25, -0.2) is 0 Å². The van der Waals surface area contributed by atoms with E-state index in [1.54, 1.807) is 0 Å². The number of rotatable bonds is 4. The number of morpholine rings is 1. The van der Waals surface area contributed by atoms with E-state index < -0.39 is 12.0 Å². The van der Waals surface area contributed by atoms with Gasteiger partial charge in [0.2, 0.25) is 0 Å². The maximum absolute atomic E-state index is 10.5. The van der Waals surface area contributed by atoms with Gasteiger partial charge >= 0.3 is 5.97 Å². The van der Waals surface area contributed by atoms with Crippen LogP contribution in [0.5, 0.6) is 0 Å². The maximum Gasteiger partial charge on any atom is 0.320 e. The molecular formula is C9H18N2O3. The van der Waals surface area contributed by atoms with E-state index in [1.807, 2.05) is 0 Å². The predicted octanol–water partition coefficient (Wildman–Crippen LogP) is -0.491. The summed E-state index contributed by atoms with van der Waals surface area (Å²) in [6, 6.07) is -0.809. The number of nitrogens with two attached hydrogens (primary N) is 1. The lowest BCUT2D eigenvalue weighted by atomic mass is 10.1. The molecule has 0 aromatic rings. The Labute approximate surface area is 83.8 Å². The van der Waals surface area contributed by atoms with Gasteiger partial charge in [-0.1, -0.05) is 6.92 Å². The highest BCUT2D eigenvalue weighted by molar-refractivity contribution is 5.73. The first-order valence-electron chi connectivity index (χ1n) is 4.95. The van der Waals surface area contributed by atoms with E-state index >= 15 is 0 Å². The van der Waals surface area contributed by atoms with Crippen LogP contribution in [0.1, 0.15) is 13.3 Å². The number of likely N-dealkylation sites (N-methyl/N-ethyl adjacent to an activating group) is 1. The Bertz CT molecular complexity index is 198. The summed E-state index contributed by atoms with van der Waals surface area (Å²) in [6.07, 6.45) is 0.362. The molecule has 0 amide bonds. The highest BCUT2D eigenvalue weighted by atomic mass is 16.5. The van der Waals surface area contributed by atoms with Gasteiger partial charge in [0.15, 0.2) is 0 Å². The van der Waals surface area contributed by atoms with Crippen LogP contribution in [0.3, 0.4) is 0 Å². The highest BCUT2D eigenvalue weighted by Crippen LogP contribution is 2.09. The molecule has 0 bridgehead atoms. The van der Waals surface area contributed by atoms with Crippen LogP contribution in [-0.4, -0.2) is 54.4 Å². The van der Waals surface area contributed by atoms with Crippen LogP contribution in [0.4, 0.5) is 0 Å². The molecule has 82 valence electrons. The molecule has 0 radical (unpaired) electrons. The van der Waals surface area contributed by atoms with Crippen molar-refractivity contribution in [1.29, 1.82) is 0 Å². The Morgan fingerprint density at radius 1 is 1.79 bits per heavy atom. The number of carboxylic acids is 1. The molecule has 1 aliphatic rings. The molecule has 0 aliphatic carbocycles. The number of carbonyl (C=O) groups is 1. The van der Waals surface area contributed by atoms with Crippen molar-refractivity contribution in [3.05, 3.63) is 0 Å². The highest BCUT2D eigenvalue weighted by Gasteiger charge is 2.24. The average molecular weight is 202 g/mol. The monoisotopic (exact) mass is 202 g/mol. The van der Waals surface area contributed by atoms with Crippen molar-refractivity contribution in [2.75, 3.05) is 26.2 Å². The van der Waals surface area contributed by atoms with Gasteiger partial charge in [-0.15, -0.1) is 0 Å². The van der Waals surface area contributed by atoms with E-state index in [2.05, 4.69) is 11.8 Å². The zero-order chi connectivity index (χ0) is 10.6. The number of ether oxygens (including phenoxy) is 1. The molecule has 0 aromatic heterocycles. The summed E-state index contributed by atoms with van der Waals surface area (Å²) in [5.41, 5.74) is 5.44. The summed E-state index contributed by atoms with van der Waals surface area (Å²) in [7, 11) is 0. The molecule has 1 unspecified atom stereocenters. The molecule has 1 heterocycles. The van der Waals surface area contributed by atoms with Crippen LogP contribution < -0.4 is 5.73 Å². The van der Waals surface area contributed by atoms with E-state index in [0.29, 0.717) is 13.0 Å². The second kappa shape index (κ2) is 5.29. The van der Waals surface area contributed by atoms with Crippen LogP contribution in [0.2, 0.25) is 0 Å². The van der Waals surface area contributed by atoms with Gasteiger partial charge in [-0.05, 0) is 6.54 Å². The quantitative estimate of drug-likeness (QED) is 0.643. The van der Waals surface area contributed by atoms with E-state index in [0.717, 1.165) is 19.6 Å². The van der Waals surface area contributed by atoms with Crippen LogP contribution in [0.15, 0.2) is 0 Å². The minimum atomic E-state index is -0.956. The first-order valence-corrected chi connectivity index (χ1v) is 4.95. The van der Waals surface area contributed by atoms with Crippen molar-refractivity contribution in [2.24, 2.45) is 5.73 Å². The smallest absolute Gasteiger partial charge is 0.320 e. The van der Waals surface area contributed by atoms with Gasteiger partial charge in [-0.3, -0.25) is 9.69 Å². The molecule has 14 heavy (non-hydrogen) atoms. The molecule has 0 spiro atoms. The average Bonchev–Trinajstić information content (AvgIpc) is 2.18. The lowest BCUT2D eigenvalue weighted by Gasteiger charge is -2.32. The fourth-order valence-electron chi connectivity index (χ4n) is 1.59. The minimum Gasteiger partial charge on any atom is -0.480 e. The van der Waals surface area contributed by atoms with Crippen LogP contribution in [-0.2, 0) is 9.53 Å². The normalized spacial score (nSPS) is 26.0. The maximum atomic E-state index is 10.5. The Hall–Kier alpha value is -0.650. The molecule has 0 aromatic carbocycles. The van der Waals surface area contributed by atoms with E-state index in [1.165, 1.54) is 0 Å². The molecule has 1 fully saturated rings. The SMILES string of the molecule is CCN1CCOC(C[C@H](N)C(=O)O)C1. The summed E-state index contributed by atoms with van der Waals surface area (Å²) >= 11 is 0. The molecule has 3 N–H and O–H groups in total. The Morgan fingerprint density at radius 2 is 2.50 bits per heavy atom. The third-order valence-electron chi connectivity index (χ3n) is 2.50. The second-order valence-electron chi connectivity index (χ2n) is 3.57. The van der Waals surface area contributed by atoms with Crippen molar-refractivity contribution < 1.29 is 14.6 Å². The minimum absolute atomic E-state index is 0.0326. The molecule has 5 heteroatoms. The van der Waals surface area contributed by atoms with Gasteiger partial charge in [0.05, 0.1) is 12.7 Å². The molecule has 2 atom stereocenters.